The molecule has 0 aromatic heterocycles. The van der Waals surface area contributed by atoms with Gasteiger partial charge in [0, 0.05) is 6.61 Å². The molecule has 16 heavy (non-hydrogen) atoms. The number of aryl methyl sites for hydroxylation is 1. The largest absolute Gasteiger partial charge is 0.381 e. The van der Waals surface area contributed by atoms with E-state index >= 15 is 0 Å². The van der Waals surface area contributed by atoms with Crippen LogP contribution in [0.2, 0.25) is 0 Å². The number of ether oxygens (including phenoxy) is 1. The molecule has 4 heteroatoms. The van der Waals surface area contributed by atoms with Crippen molar-refractivity contribution in [2.24, 2.45) is 0 Å². The standard InChI is InChI=1S/C12H16INO2/c13-14-12(15)8-10-16-9-4-7-11-5-2-1-3-6-11/h1-3,5-6H,4,7-10H2,(H,14,15). The molecule has 1 amide bonds. The molecule has 0 aliphatic carbocycles. The molecule has 1 rings (SSSR count). The van der Waals surface area contributed by atoms with Crippen LogP contribution in [0.4, 0.5) is 0 Å². The molecule has 0 aliphatic rings. The first-order valence-electron chi connectivity index (χ1n) is 5.34. The lowest BCUT2D eigenvalue weighted by Crippen LogP contribution is -2.14. The minimum absolute atomic E-state index is 0.0173. The number of hydrogen-bond donors (Lipinski definition) is 1. The fourth-order valence-corrected chi connectivity index (χ4v) is 1.61. The van der Waals surface area contributed by atoms with Crippen LogP contribution in [0, 0.1) is 0 Å². The van der Waals surface area contributed by atoms with Crippen molar-refractivity contribution in [2.45, 2.75) is 19.3 Å². The fraction of sp³-hybridized carbons (Fsp3) is 0.417. The van der Waals surface area contributed by atoms with E-state index in [2.05, 4.69) is 15.7 Å². The molecule has 0 bridgehead atoms. The number of benzene rings is 1. The summed E-state index contributed by atoms with van der Waals surface area (Å²) >= 11 is 1.83. The molecular weight excluding hydrogens is 317 g/mol. The van der Waals surface area contributed by atoms with Gasteiger partial charge in [0.2, 0.25) is 5.91 Å². The molecule has 0 unspecified atom stereocenters. The van der Waals surface area contributed by atoms with Crippen LogP contribution in [0.25, 0.3) is 0 Å². The lowest BCUT2D eigenvalue weighted by molar-refractivity contribution is -0.119. The molecular formula is C12H16INO2. The second-order valence-electron chi connectivity index (χ2n) is 3.47. The highest BCUT2D eigenvalue weighted by Gasteiger charge is 1.98. The summed E-state index contributed by atoms with van der Waals surface area (Å²) in [7, 11) is 0. The van der Waals surface area contributed by atoms with E-state index in [4.69, 9.17) is 4.74 Å². The zero-order chi connectivity index (χ0) is 11.6. The van der Waals surface area contributed by atoms with Gasteiger partial charge in [0.1, 0.15) is 0 Å². The Balaban J connectivity index is 1.98. The highest BCUT2D eigenvalue weighted by molar-refractivity contribution is 14.1. The first kappa shape index (κ1) is 13.4. The Morgan fingerprint density at radius 2 is 2.00 bits per heavy atom. The van der Waals surface area contributed by atoms with Crippen LogP contribution in [0.3, 0.4) is 0 Å². The van der Waals surface area contributed by atoms with E-state index in [1.165, 1.54) is 5.56 Å². The number of hydrogen-bond acceptors (Lipinski definition) is 2. The maximum Gasteiger partial charge on any atom is 0.230 e. The van der Waals surface area contributed by atoms with Crippen molar-refractivity contribution in [2.75, 3.05) is 13.2 Å². The molecule has 88 valence electrons. The number of halogens is 1. The summed E-state index contributed by atoms with van der Waals surface area (Å²) in [5.74, 6) is 0.0173. The number of nitrogens with one attached hydrogen (secondary N) is 1. The lowest BCUT2D eigenvalue weighted by atomic mass is 10.1. The van der Waals surface area contributed by atoms with Crippen molar-refractivity contribution in [1.29, 1.82) is 0 Å². The monoisotopic (exact) mass is 333 g/mol. The highest BCUT2D eigenvalue weighted by Crippen LogP contribution is 2.02. The molecule has 0 radical (unpaired) electrons. The second kappa shape index (κ2) is 8.52. The van der Waals surface area contributed by atoms with Gasteiger partial charge < -0.3 is 4.74 Å². The molecule has 0 spiro atoms. The number of rotatable bonds is 7. The predicted octanol–water partition coefficient (Wildman–Crippen LogP) is 2.49. The Bertz CT molecular complexity index is 303. The zero-order valence-corrected chi connectivity index (χ0v) is 11.3. The molecule has 3 nitrogen and oxygen atoms in total. The Kier molecular flexibility index (Phi) is 7.16. The van der Waals surface area contributed by atoms with Crippen molar-refractivity contribution in [1.82, 2.24) is 3.53 Å². The van der Waals surface area contributed by atoms with Crippen molar-refractivity contribution < 1.29 is 9.53 Å². The second-order valence-corrected chi connectivity index (χ2v) is 4.01. The smallest absolute Gasteiger partial charge is 0.230 e. The molecule has 1 aromatic carbocycles. The molecule has 0 atom stereocenters. The van der Waals surface area contributed by atoms with Crippen molar-refractivity contribution in [3.63, 3.8) is 0 Å². The van der Waals surface area contributed by atoms with Crippen LogP contribution < -0.4 is 3.53 Å². The molecule has 0 fully saturated rings. The summed E-state index contributed by atoms with van der Waals surface area (Å²) in [6.07, 6.45) is 2.46. The van der Waals surface area contributed by atoms with Gasteiger partial charge in [-0.1, -0.05) is 30.3 Å². The highest BCUT2D eigenvalue weighted by atomic mass is 127. The van der Waals surface area contributed by atoms with Gasteiger partial charge in [0.05, 0.1) is 35.9 Å². The van der Waals surface area contributed by atoms with E-state index in [0.717, 1.165) is 12.8 Å². The van der Waals surface area contributed by atoms with Crippen LogP contribution in [0.1, 0.15) is 18.4 Å². The fourth-order valence-electron chi connectivity index (χ4n) is 1.34. The molecule has 0 heterocycles. The Hall–Kier alpha value is -0.620. The van der Waals surface area contributed by atoms with Crippen LogP contribution in [0.15, 0.2) is 30.3 Å². The Morgan fingerprint density at radius 3 is 2.69 bits per heavy atom. The van der Waals surface area contributed by atoms with Gasteiger partial charge >= 0.3 is 0 Å². The third-order valence-electron chi connectivity index (χ3n) is 2.18. The maximum absolute atomic E-state index is 10.9. The normalized spacial score (nSPS) is 10.1. The summed E-state index contributed by atoms with van der Waals surface area (Å²) in [5.41, 5.74) is 1.33. The van der Waals surface area contributed by atoms with Gasteiger partial charge in [0.25, 0.3) is 0 Å². The molecule has 0 aliphatic heterocycles. The van der Waals surface area contributed by atoms with E-state index in [-0.39, 0.29) is 5.91 Å². The summed E-state index contributed by atoms with van der Waals surface area (Å²) in [5, 5.41) is 0. The van der Waals surface area contributed by atoms with Crippen LogP contribution >= 0.6 is 22.9 Å². The first-order chi connectivity index (χ1) is 7.83. The van der Waals surface area contributed by atoms with Gasteiger partial charge in [-0.2, -0.15) is 0 Å². The SMILES string of the molecule is O=C(CCOCCCc1ccccc1)NI. The minimum Gasteiger partial charge on any atom is -0.381 e. The summed E-state index contributed by atoms with van der Waals surface area (Å²) in [6.45, 7) is 1.22. The predicted molar refractivity (Wildman–Crippen MR) is 72.4 cm³/mol. The van der Waals surface area contributed by atoms with E-state index in [0.29, 0.717) is 19.6 Å². The third-order valence-corrected chi connectivity index (χ3v) is 2.78. The zero-order valence-electron chi connectivity index (χ0n) is 9.12. The molecule has 1 aromatic rings. The maximum atomic E-state index is 10.9. The Morgan fingerprint density at radius 1 is 1.25 bits per heavy atom. The average molecular weight is 333 g/mol. The van der Waals surface area contributed by atoms with Gasteiger partial charge in [0.15, 0.2) is 0 Å². The van der Waals surface area contributed by atoms with Crippen LogP contribution in [-0.4, -0.2) is 19.1 Å². The summed E-state index contributed by atoms with van der Waals surface area (Å²) in [4.78, 5) is 10.9. The van der Waals surface area contributed by atoms with Crippen molar-refractivity contribution in [3.05, 3.63) is 35.9 Å². The van der Waals surface area contributed by atoms with Crippen LogP contribution in [0.5, 0.6) is 0 Å². The van der Waals surface area contributed by atoms with E-state index in [9.17, 15) is 4.79 Å². The Labute approximate surface area is 110 Å². The van der Waals surface area contributed by atoms with Gasteiger partial charge in [-0.25, -0.2) is 0 Å². The molecule has 0 saturated heterocycles. The van der Waals surface area contributed by atoms with E-state index < -0.39 is 0 Å². The van der Waals surface area contributed by atoms with Gasteiger partial charge in [-0.05, 0) is 18.4 Å². The first-order valence-corrected chi connectivity index (χ1v) is 6.42. The summed E-state index contributed by atoms with van der Waals surface area (Å²) < 4.78 is 7.90. The van der Waals surface area contributed by atoms with Crippen molar-refractivity contribution >= 4 is 28.8 Å². The van der Waals surface area contributed by atoms with Gasteiger partial charge in [-0.3, -0.25) is 8.32 Å². The van der Waals surface area contributed by atoms with Gasteiger partial charge in [-0.15, -0.1) is 0 Å². The van der Waals surface area contributed by atoms with Crippen molar-refractivity contribution in [3.8, 4) is 0 Å². The van der Waals surface area contributed by atoms with E-state index in [1.54, 1.807) is 0 Å². The third kappa shape index (κ3) is 6.07. The molecule has 1 N–H and O–H groups in total. The van der Waals surface area contributed by atoms with Crippen LogP contribution in [-0.2, 0) is 16.0 Å². The number of amides is 1. The quantitative estimate of drug-likeness (QED) is 0.473. The minimum atomic E-state index is 0.0173. The average Bonchev–Trinajstić information content (AvgIpc) is 2.34. The number of carbonyl (C=O) groups excluding carboxylic acids is 1. The topological polar surface area (TPSA) is 38.3 Å². The molecule has 0 saturated carbocycles. The summed E-state index contributed by atoms with van der Waals surface area (Å²) in [6, 6.07) is 10.3. The van der Waals surface area contributed by atoms with E-state index in [1.807, 2.05) is 41.1 Å². The lowest BCUT2D eigenvalue weighted by Gasteiger charge is -2.03. The number of carbonyl (C=O) groups is 1.